The number of hydrogen-bond donors (Lipinski definition) is 2. The van der Waals surface area contributed by atoms with Crippen LogP contribution in [0.4, 0.5) is 0 Å². The van der Waals surface area contributed by atoms with Gasteiger partial charge in [-0.2, -0.15) is 13.7 Å². The summed E-state index contributed by atoms with van der Waals surface area (Å²) < 4.78 is 34.6. The predicted octanol–water partition coefficient (Wildman–Crippen LogP) is 1.46. The smallest absolute Gasteiger partial charge is 0.356 e. The van der Waals surface area contributed by atoms with Crippen LogP contribution < -0.4 is 14.7 Å². The van der Waals surface area contributed by atoms with E-state index in [1.807, 2.05) is 6.07 Å². The van der Waals surface area contributed by atoms with Gasteiger partial charge in [-0.15, -0.1) is 10.1 Å². The fourth-order valence-electron chi connectivity index (χ4n) is 2.45. The zero-order valence-corrected chi connectivity index (χ0v) is 17.6. The molecule has 0 aliphatic carbocycles. The summed E-state index contributed by atoms with van der Waals surface area (Å²) in [6.45, 7) is 4.11. The van der Waals surface area contributed by atoms with Gasteiger partial charge in [-0.3, -0.25) is 0 Å². The maximum Gasteiger partial charge on any atom is 0.356 e. The van der Waals surface area contributed by atoms with Gasteiger partial charge in [-0.05, 0) is 42.8 Å². The van der Waals surface area contributed by atoms with Crippen LogP contribution in [-0.4, -0.2) is 44.1 Å². The van der Waals surface area contributed by atoms with E-state index in [0.717, 1.165) is 6.07 Å². The van der Waals surface area contributed by atoms with Crippen LogP contribution in [0.1, 0.15) is 11.1 Å². The number of nitrogens with one attached hydrogen (secondary N) is 1. The summed E-state index contributed by atoms with van der Waals surface area (Å²) in [7, 11) is -4.30. The Kier molecular flexibility index (Phi) is 7.31. The number of nitrogens with two attached hydrogens (primary N) is 1. The lowest BCUT2D eigenvalue weighted by molar-refractivity contribution is -1.19. The minimum Gasteiger partial charge on any atom is -0.484 e. The minimum atomic E-state index is -4.30. The molecule has 0 saturated carbocycles. The van der Waals surface area contributed by atoms with Crippen LogP contribution in [0.2, 0.25) is 0 Å². The summed E-state index contributed by atoms with van der Waals surface area (Å²) >= 11 is 0. The summed E-state index contributed by atoms with van der Waals surface area (Å²) in [4.78, 5) is 14.8. The summed E-state index contributed by atoms with van der Waals surface area (Å²) in [5.41, 5.74) is 6.18. The van der Waals surface area contributed by atoms with Gasteiger partial charge in [0.2, 0.25) is 0 Å². The van der Waals surface area contributed by atoms with Gasteiger partial charge < -0.3 is 14.7 Å². The van der Waals surface area contributed by atoms with Crippen molar-refractivity contribution in [3.8, 4) is 17.6 Å². The lowest BCUT2D eigenvalue weighted by Gasteiger charge is -2.22. The molecule has 1 unspecified atom stereocenters. The number of nitrogens with zero attached hydrogens (tertiary/aromatic N) is 4. The van der Waals surface area contributed by atoms with Crippen molar-refractivity contribution in [2.24, 2.45) is 10.8 Å². The number of hydrogen-bond acceptors (Lipinski definition) is 10. The van der Waals surface area contributed by atoms with Crippen molar-refractivity contribution in [3.63, 3.8) is 0 Å². The van der Waals surface area contributed by atoms with Crippen LogP contribution in [0, 0.1) is 33.8 Å². The first-order valence-electron chi connectivity index (χ1n) is 8.76. The quantitative estimate of drug-likeness (QED) is 0.131. The van der Waals surface area contributed by atoms with Crippen LogP contribution in [-0.2, 0) is 15.1 Å². The van der Waals surface area contributed by atoms with E-state index in [-0.39, 0.29) is 28.6 Å². The third-order valence-corrected chi connectivity index (χ3v) is 5.24. The van der Waals surface area contributed by atoms with Crippen molar-refractivity contribution in [2.45, 2.75) is 11.8 Å². The molecule has 0 bridgehead atoms. The number of ether oxygens (including phenoxy) is 1. The summed E-state index contributed by atoms with van der Waals surface area (Å²) in [5.74, 6) is -0.988. The van der Waals surface area contributed by atoms with Crippen LogP contribution in [0.3, 0.4) is 0 Å². The third-order valence-electron chi connectivity index (χ3n) is 4.01. The minimum absolute atomic E-state index is 0.00294. The van der Waals surface area contributed by atoms with E-state index in [1.165, 1.54) is 30.3 Å². The van der Waals surface area contributed by atoms with E-state index in [0.29, 0.717) is 5.56 Å². The normalized spacial score (nSPS) is 12.6. The Bertz CT molecular complexity index is 1190. The van der Waals surface area contributed by atoms with Crippen LogP contribution in [0.25, 0.3) is 0 Å². The molecule has 0 radical (unpaired) electrons. The van der Waals surface area contributed by atoms with Gasteiger partial charge in [-0.1, -0.05) is 22.2 Å². The molecule has 0 aromatic heterocycles. The van der Waals surface area contributed by atoms with E-state index in [2.05, 4.69) is 16.8 Å². The molecule has 0 saturated heterocycles. The molecule has 168 valence electrons. The van der Waals surface area contributed by atoms with Crippen molar-refractivity contribution in [3.05, 3.63) is 63.7 Å². The predicted molar refractivity (Wildman–Crippen MR) is 110 cm³/mol. The maximum absolute atomic E-state index is 12.6. The molecule has 0 aliphatic rings. The molecule has 2 rings (SSSR count). The second-order valence-electron chi connectivity index (χ2n) is 6.23. The molecular weight excluding hydrogens is 444 g/mol. The second kappa shape index (κ2) is 9.73. The molecule has 1 atom stereocenters. The van der Waals surface area contributed by atoms with Crippen molar-refractivity contribution < 1.29 is 32.1 Å². The Balaban J connectivity index is 2.27. The van der Waals surface area contributed by atoms with Crippen LogP contribution in [0.15, 0.2) is 52.5 Å². The molecule has 2 aromatic carbocycles. The maximum atomic E-state index is 12.6. The van der Waals surface area contributed by atoms with E-state index >= 15 is 0 Å². The largest absolute Gasteiger partial charge is 0.484 e. The highest BCUT2D eigenvalue weighted by molar-refractivity contribution is 7.87. The first kappa shape index (κ1) is 24.1. The first-order valence-corrected chi connectivity index (χ1v) is 10.2. The van der Waals surface area contributed by atoms with Crippen molar-refractivity contribution >= 4 is 22.8 Å². The van der Waals surface area contributed by atoms with E-state index in [9.17, 15) is 18.5 Å². The molecule has 3 N–H and O–H groups in total. The molecule has 0 amide bonds. The number of benzene rings is 2. The number of hydroxylamine groups is 2. The summed E-state index contributed by atoms with van der Waals surface area (Å²) in [6.07, 6.45) is 0. The number of nitriles is 1. The zero-order valence-electron chi connectivity index (χ0n) is 16.8. The Morgan fingerprint density at radius 2 is 2.06 bits per heavy atom. The van der Waals surface area contributed by atoms with Crippen LogP contribution in [0.5, 0.6) is 11.5 Å². The highest BCUT2D eigenvalue weighted by Gasteiger charge is 2.39. The Labute approximate surface area is 183 Å². The third kappa shape index (κ3) is 5.68. The van der Waals surface area contributed by atoms with Gasteiger partial charge in [0.1, 0.15) is 11.5 Å². The van der Waals surface area contributed by atoms with Crippen molar-refractivity contribution in [1.29, 1.82) is 10.7 Å². The van der Waals surface area contributed by atoms with Gasteiger partial charge >= 0.3 is 21.2 Å². The molecule has 0 aliphatic heterocycles. The molecule has 13 nitrogen and oxygen atoms in total. The summed E-state index contributed by atoms with van der Waals surface area (Å²) in [5, 5.41) is 29.4. The lowest BCUT2D eigenvalue weighted by atomic mass is 10.2. The highest BCUT2D eigenvalue weighted by atomic mass is 32.2. The molecule has 0 spiro atoms. The highest BCUT2D eigenvalue weighted by Crippen LogP contribution is 2.31. The Morgan fingerprint density at radius 3 is 2.66 bits per heavy atom. The van der Waals surface area contributed by atoms with Gasteiger partial charge in [0.25, 0.3) is 0 Å². The molecule has 32 heavy (non-hydrogen) atoms. The van der Waals surface area contributed by atoms with Gasteiger partial charge in [0, 0.05) is 0 Å². The zero-order chi connectivity index (χ0) is 23.9. The average molecular weight is 463 g/mol. The van der Waals surface area contributed by atoms with Crippen molar-refractivity contribution in [2.75, 3.05) is 13.2 Å². The number of quaternary nitrogens is 1. The van der Waals surface area contributed by atoms with E-state index in [4.69, 9.17) is 25.3 Å². The molecule has 2 aromatic rings. The molecule has 14 heteroatoms. The Morgan fingerprint density at radius 1 is 1.34 bits per heavy atom. The number of guanidine groups is 1. The molecule has 0 heterocycles. The fraction of sp³-hybridized carbons (Fsp3) is 0.167. The van der Waals surface area contributed by atoms with E-state index in [1.54, 1.807) is 13.0 Å². The monoisotopic (exact) mass is 463 g/mol. The number of aryl methyl sites for hydroxylation is 1. The average Bonchev–Trinajstić information content (AvgIpc) is 2.74. The first-order chi connectivity index (χ1) is 15.0. The Hall–Kier alpha value is -4.22. The fourth-order valence-corrected chi connectivity index (χ4v) is 3.44. The van der Waals surface area contributed by atoms with Gasteiger partial charge in [-0.25, -0.2) is 5.41 Å². The SMILES string of the molecule is C=N[N+](CCOc1cc(C)ccc1OS(=O)(=O)c1cccc(C#N)c1)(O[N+](=O)[O-])C(=N)N. The molecule has 0 fully saturated rings. The lowest BCUT2D eigenvalue weighted by Crippen LogP contribution is -2.54. The number of rotatable bonds is 10. The topological polar surface area (TPSA) is 191 Å². The van der Waals surface area contributed by atoms with Crippen LogP contribution >= 0.6 is 0 Å². The molecular formula is C18H19N6O7S+. The van der Waals surface area contributed by atoms with Crippen molar-refractivity contribution in [1.82, 2.24) is 0 Å². The van der Waals surface area contributed by atoms with Gasteiger partial charge in [0.15, 0.2) is 18.0 Å². The standard InChI is InChI=1S/C18H19N6O7S/c1-13-6-7-16(30-32(27,28)15-5-3-4-14(11-15)12-19)17(10-13)29-9-8-24(22-2,18(20)21)31-23(25)26/h3-7,10-11H,2,8-9H2,1H3,(H3,20,21)/q+1. The summed E-state index contributed by atoms with van der Waals surface area (Å²) in [6, 6.07) is 11.6. The second-order valence-corrected chi connectivity index (χ2v) is 7.78. The van der Waals surface area contributed by atoms with E-state index < -0.39 is 32.5 Å². The van der Waals surface area contributed by atoms with Gasteiger partial charge in [0.05, 0.1) is 23.1 Å².